The number of benzene rings is 1. The molecular weight excluding hydrogens is 256 g/mol. The second-order valence-electron chi connectivity index (χ2n) is 8.34. The Morgan fingerprint density at radius 1 is 0.810 bits per heavy atom. The van der Waals surface area contributed by atoms with Gasteiger partial charge < -0.3 is 5.11 Å². The van der Waals surface area contributed by atoms with E-state index in [4.69, 9.17) is 0 Å². The lowest BCUT2D eigenvalue weighted by Crippen LogP contribution is -1.97. The molecule has 0 unspecified atom stereocenters. The molecule has 1 aromatic rings. The number of hydrogen-bond acceptors (Lipinski definition) is 1. The van der Waals surface area contributed by atoms with E-state index in [0.717, 1.165) is 12.8 Å². The third-order valence-corrected chi connectivity index (χ3v) is 5.74. The number of phenols is 1. The van der Waals surface area contributed by atoms with Crippen molar-refractivity contribution in [3.8, 4) is 5.75 Å². The Balaban J connectivity index is 1.49. The minimum Gasteiger partial charge on any atom is -0.508 e. The average Bonchev–Trinajstić information content (AvgIpc) is 3.30. The maximum atomic E-state index is 9.94. The topological polar surface area (TPSA) is 20.2 Å². The number of aromatic hydroxyl groups is 1. The Hall–Kier alpha value is -0.980. The second-order valence-corrected chi connectivity index (χ2v) is 8.34. The van der Waals surface area contributed by atoms with Gasteiger partial charge in [-0.15, -0.1) is 0 Å². The summed E-state index contributed by atoms with van der Waals surface area (Å²) in [5.41, 5.74) is 3.96. The first-order chi connectivity index (χ1) is 9.96. The summed E-state index contributed by atoms with van der Waals surface area (Å²) in [5, 5.41) is 9.94. The van der Waals surface area contributed by atoms with E-state index < -0.39 is 0 Å². The van der Waals surface area contributed by atoms with Crippen LogP contribution in [0.15, 0.2) is 18.2 Å². The van der Waals surface area contributed by atoms with Gasteiger partial charge in [0.05, 0.1) is 0 Å². The highest BCUT2D eigenvalue weighted by molar-refractivity contribution is 5.33. The molecule has 2 fully saturated rings. The van der Waals surface area contributed by atoms with Gasteiger partial charge in [0.1, 0.15) is 5.75 Å². The molecule has 0 spiro atoms. The number of hydrogen-bond donors (Lipinski definition) is 1. The van der Waals surface area contributed by atoms with Crippen LogP contribution in [0.2, 0.25) is 0 Å². The molecule has 21 heavy (non-hydrogen) atoms. The summed E-state index contributed by atoms with van der Waals surface area (Å²) >= 11 is 0. The highest BCUT2D eigenvalue weighted by Gasteiger charge is 2.36. The predicted octanol–water partition coefficient (Wildman–Crippen LogP) is 5.64. The lowest BCUT2D eigenvalue weighted by Gasteiger charge is -2.11. The van der Waals surface area contributed by atoms with Gasteiger partial charge in [0.2, 0.25) is 0 Å². The summed E-state index contributed by atoms with van der Waals surface area (Å²) in [6.07, 6.45) is 13.1. The zero-order valence-corrected chi connectivity index (χ0v) is 13.8. The van der Waals surface area contributed by atoms with Gasteiger partial charge in [-0.3, -0.25) is 0 Å². The van der Waals surface area contributed by atoms with Crippen molar-refractivity contribution in [2.24, 2.45) is 10.8 Å². The molecule has 2 aliphatic rings. The van der Waals surface area contributed by atoms with Crippen molar-refractivity contribution in [3.63, 3.8) is 0 Å². The predicted molar refractivity (Wildman–Crippen MR) is 88.7 cm³/mol. The molecule has 0 heterocycles. The molecule has 0 atom stereocenters. The molecule has 0 aromatic heterocycles. The fourth-order valence-electron chi connectivity index (χ4n) is 3.40. The van der Waals surface area contributed by atoms with Crippen molar-refractivity contribution < 1.29 is 5.11 Å². The van der Waals surface area contributed by atoms with Crippen molar-refractivity contribution in [2.45, 2.75) is 78.1 Å². The molecule has 0 saturated heterocycles. The molecule has 1 nitrogen and oxygen atoms in total. The number of phenolic OH excluding ortho intramolecular Hbond substituents is 1. The van der Waals surface area contributed by atoms with Crippen LogP contribution >= 0.6 is 0 Å². The molecule has 1 aromatic carbocycles. The van der Waals surface area contributed by atoms with Crippen LogP contribution in [0.3, 0.4) is 0 Å². The monoisotopic (exact) mass is 286 g/mol. The number of aryl methyl sites for hydroxylation is 2. The van der Waals surface area contributed by atoms with Crippen LogP contribution in [0, 0.1) is 10.8 Å². The smallest absolute Gasteiger partial charge is 0.116 e. The van der Waals surface area contributed by atoms with Crippen molar-refractivity contribution in [2.75, 3.05) is 0 Å². The zero-order valence-electron chi connectivity index (χ0n) is 13.8. The van der Waals surface area contributed by atoms with E-state index in [0.29, 0.717) is 16.6 Å². The first kappa shape index (κ1) is 14.9. The van der Waals surface area contributed by atoms with E-state index in [1.54, 1.807) is 0 Å². The molecule has 1 N–H and O–H groups in total. The SMILES string of the molecule is CC1(CCCc2cc(O)cc(CCCC3(C)CC3)c2)CC1. The van der Waals surface area contributed by atoms with Crippen LogP contribution < -0.4 is 0 Å². The molecule has 0 aliphatic heterocycles. The van der Waals surface area contributed by atoms with Crippen molar-refractivity contribution in [1.82, 2.24) is 0 Å². The molecule has 2 saturated carbocycles. The van der Waals surface area contributed by atoms with Crippen molar-refractivity contribution in [1.29, 1.82) is 0 Å². The summed E-state index contributed by atoms with van der Waals surface area (Å²) in [5.74, 6) is 0.456. The van der Waals surface area contributed by atoms with Crippen LogP contribution in [0.4, 0.5) is 0 Å². The summed E-state index contributed by atoms with van der Waals surface area (Å²) in [7, 11) is 0. The van der Waals surface area contributed by atoms with Gasteiger partial charge in [-0.05, 0) is 98.3 Å². The summed E-state index contributed by atoms with van der Waals surface area (Å²) < 4.78 is 0. The number of rotatable bonds is 8. The second kappa shape index (κ2) is 5.66. The van der Waals surface area contributed by atoms with Gasteiger partial charge in [0.15, 0.2) is 0 Å². The van der Waals surface area contributed by atoms with Crippen LogP contribution in [-0.2, 0) is 12.8 Å². The minimum absolute atomic E-state index is 0.456. The van der Waals surface area contributed by atoms with Crippen LogP contribution in [-0.4, -0.2) is 5.11 Å². The molecular formula is C20H30O. The molecule has 2 aliphatic carbocycles. The van der Waals surface area contributed by atoms with E-state index in [2.05, 4.69) is 19.9 Å². The van der Waals surface area contributed by atoms with E-state index in [1.165, 1.54) is 62.5 Å². The molecule has 3 rings (SSSR count). The summed E-state index contributed by atoms with van der Waals surface area (Å²) in [6, 6.07) is 6.24. The van der Waals surface area contributed by atoms with E-state index >= 15 is 0 Å². The van der Waals surface area contributed by atoms with Crippen LogP contribution in [0.5, 0.6) is 5.75 Å². The van der Waals surface area contributed by atoms with E-state index in [-0.39, 0.29) is 0 Å². The van der Waals surface area contributed by atoms with Gasteiger partial charge in [-0.2, -0.15) is 0 Å². The molecule has 0 amide bonds. The first-order valence-corrected chi connectivity index (χ1v) is 8.78. The highest BCUT2D eigenvalue weighted by Crippen LogP contribution is 2.49. The molecule has 1 heteroatoms. The quantitative estimate of drug-likeness (QED) is 0.656. The molecule has 116 valence electrons. The zero-order chi connectivity index (χ0) is 14.9. The summed E-state index contributed by atoms with van der Waals surface area (Å²) in [4.78, 5) is 0. The van der Waals surface area contributed by atoms with Gasteiger partial charge >= 0.3 is 0 Å². The van der Waals surface area contributed by atoms with Gasteiger partial charge in [0, 0.05) is 0 Å². The van der Waals surface area contributed by atoms with E-state index in [1.807, 2.05) is 12.1 Å². The van der Waals surface area contributed by atoms with Crippen LogP contribution in [0.25, 0.3) is 0 Å². The Morgan fingerprint density at radius 2 is 1.24 bits per heavy atom. The van der Waals surface area contributed by atoms with Gasteiger partial charge in [-0.25, -0.2) is 0 Å². The average molecular weight is 286 g/mol. The Morgan fingerprint density at radius 3 is 1.62 bits per heavy atom. The maximum absolute atomic E-state index is 9.94. The first-order valence-electron chi connectivity index (χ1n) is 8.78. The van der Waals surface area contributed by atoms with E-state index in [9.17, 15) is 5.11 Å². The Kier molecular flexibility index (Phi) is 4.03. The third-order valence-electron chi connectivity index (χ3n) is 5.74. The fraction of sp³-hybridized carbons (Fsp3) is 0.700. The molecule has 0 bridgehead atoms. The highest BCUT2D eigenvalue weighted by atomic mass is 16.3. The van der Waals surface area contributed by atoms with Crippen molar-refractivity contribution in [3.05, 3.63) is 29.3 Å². The minimum atomic E-state index is 0.456. The standard InChI is InChI=1S/C20H30O/c1-19(9-10-19)7-3-5-16-13-17(15-18(21)14-16)6-4-8-20(2)11-12-20/h13-15,21H,3-12H2,1-2H3. The Labute approximate surface area is 129 Å². The maximum Gasteiger partial charge on any atom is 0.116 e. The Bertz CT molecular complexity index is 452. The molecule has 0 radical (unpaired) electrons. The lowest BCUT2D eigenvalue weighted by atomic mass is 9.95. The lowest BCUT2D eigenvalue weighted by molar-refractivity contribution is 0.470. The van der Waals surface area contributed by atoms with Crippen molar-refractivity contribution >= 4 is 0 Å². The van der Waals surface area contributed by atoms with Crippen LogP contribution in [0.1, 0.15) is 76.3 Å². The van der Waals surface area contributed by atoms with Gasteiger partial charge in [-0.1, -0.05) is 19.9 Å². The third kappa shape index (κ3) is 4.49. The largest absolute Gasteiger partial charge is 0.508 e. The van der Waals surface area contributed by atoms with Gasteiger partial charge in [0.25, 0.3) is 0 Å². The summed E-state index contributed by atoms with van der Waals surface area (Å²) in [6.45, 7) is 4.80. The normalized spacial score (nSPS) is 21.2. The fourth-order valence-corrected chi connectivity index (χ4v) is 3.40.